The molecule has 0 radical (unpaired) electrons. The molecule has 3 rings (SSSR count). The van der Waals surface area contributed by atoms with E-state index in [-0.39, 0.29) is 16.6 Å². The van der Waals surface area contributed by atoms with Crippen molar-refractivity contribution >= 4 is 17.0 Å². The summed E-state index contributed by atoms with van der Waals surface area (Å²) >= 11 is 0. The highest BCUT2D eigenvalue weighted by molar-refractivity contribution is 6.03. The third-order valence-electron chi connectivity index (χ3n) is 3.96. The molecular formula is C17H14FN3O4. The number of pyridine rings is 1. The molecule has 2 aromatic heterocycles. The number of nitrogens with zero attached hydrogens (tertiary/aromatic N) is 3. The second kappa shape index (κ2) is 5.97. The lowest BCUT2D eigenvalue weighted by molar-refractivity contribution is 0.0603. The average molecular weight is 343 g/mol. The van der Waals surface area contributed by atoms with Crippen LogP contribution in [0.4, 0.5) is 4.39 Å². The molecule has 0 atom stereocenters. The number of ether oxygens (including phenoxy) is 1. The summed E-state index contributed by atoms with van der Waals surface area (Å²) in [5.41, 5.74) is -0.329. The maximum absolute atomic E-state index is 13.1. The quantitative estimate of drug-likeness (QED) is 0.654. The van der Waals surface area contributed by atoms with Crippen LogP contribution in [0.15, 0.2) is 39.9 Å². The predicted molar refractivity (Wildman–Crippen MR) is 89.0 cm³/mol. The summed E-state index contributed by atoms with van der Waals surface area (Å²) < 4.78 is 20.0. The fourth-order valence-electron chi connectivity index (χ4n) is 2.59. The molecule has 0 N–H and O–H groups in total. The van der Waals surface area contributed by atoms with Gasteiger partial charge in [0.15, 0.2) is 5.65 Å². The van der Waals surface area contributed by atoms with Gasteiger partial charge in [0.05, 0.1) is 23.8 Å². The molecule has 1 aromatic carbocycles. The second-order valence-electron chi connectivity index (χ2n) is 5.46. The molecule has 0 aliphatic rings. The van der Waals surface area contributed by atoms with Gasteiger partial charge in [-0.2, -0.15) is 0 Å². The molecule has 0 spiro atoms. The summed E-state index contributed by atoms with van der Waals surface area (Å²) in [7, 11) is 3.96. The zero-order valence-corrected chi connectivity index (χ0v) is 13.7. The molecule has 0 saturated carbocycles. The summed E-state index contributed by atoms with van der Waals surface area (Å²) in [5.74, 6) is -1.15. The Hall–Kier alpha value is -3.29. The maximum atomic E-state index is 13.1. The monoisotopic (exact) mass is 343 g/mol. The number of hydrogen-bond acceptors (Lipinski definition) is 5. The van der Waals surface area contributed by atoms with Gasteiger partial charge in [0.1, 0.15) is 5.82 Å². The number of halogens is 1. The minimum Gasteiger partial charge on any atom is -0.465 e. The van der Waals surface area contributed by atoms with Crippen LogP contribution in [0, 0.1) is 5.82 Å². The van der Waals surface area contributed by atoms with Crippen molar-refractivity contribution in [3.05, 3.63) is 62.6 Å². The van der Waals surface area contributed by atoms with E-state index in [1.165, 1.54) is 56.1 Å². The van der Waals surface area contributed by atoms with Crippen molar-refractivity contribution in [3.63, 3.8) is 0 Å². The number of methoxy groups -OCH3 is 1. The first-order valence-electron chi connectivity index (χ1n) is 7.30. The number of benzene rings is 1. The van der Waals surface area contributed by atoms with Crippen LogP contribution in [-0.4, -0.2) is 27.2 Å². The Morgan fingerprint density at radius 1 is 1.12 bits per heavy atom. The van der Waals surface area contributed by atoms with Gasteiger partial charge in [0.2, 0.25) is 0 Å². The number of esters is 1. The minimum atomic E-state index is -0.730. The van der Waals surface area contributed by atoms with E-state index in [1.807, 2.05) is 0 Å². The molecule has 8 heteroatoms. The van der Waals surface area contributed by atoms with Crippen molar-refractivity contribution in [1.82, 2.24) is 14.1 Å². The van der Waals surface area contributed by atoms with Gasteiger partial charge in [0, 0.05) is 19.7 Å². The predicted octanol–water partition coefficient (Wildman–Crippen LogP) is 1.22. The van der Waals surface area contributed by atoms with Gasteiger partial charge in [0.25, 0.3) is 5.56 Å². The molecule has 0 unspecified atom stereocenters. The summed E-state index contributed by atoms with van der Waals surface area (Å²) in [6.45, 7) is 0. The molecule has 0 aliphatic carbocycles. The molecule has 2 heterocycles. The van der Waals surface area contributed by atoms with Gasteiger partial charge in [-0.3, -0.25) is 13.9 Å². The lowest BCUT2D eigenvalue weighted by Crippen LogP contribution is -2.38. The van der Waals surface area contributed by atoms with Crippen LogP contribution in [0.2, 0.25) is 0 Å². The van der Waals surface area contributed by atoms with E-state index in [0.29, 0.717) is 11.3 Å². The Kier molecular flexibility index (Phi) is 3.96. The van der Waals surface area contributed by atoms with Crippen molar-refractivity contribution in [3.8, 4) is 11.3 Å². The lowest BCUT2D eigenvalue weighted by atomic mass is 10.1. The van der Waals surface area contributed by atoms with Crippen molar-refractivity contribution in [2.24, 2.45) is 14.1 Å². The molecule has 128 valence electrons. The van der Waals surface area contributed by atoms with E-state index in [9.17, 15) is 18.8 Å². The van der Waals surface area contributed by atoms with Crippen LogP contribution < -0.4 is 11.2 Å². The van der Waals surface area contributed by atoms with Crippen molar-refractivity contribution < 1.29 is 13.9 Å². The minimum absolute atomic E-state index is 0.0111. The fourth-order valence-corrected chi connectivity index (χ4v) is 2.59. The first kappa shape index (κ1) is 16.6. The molecule has 0 bridgehead atoms. The molecule has 7 nitrogen and oxygen atoms in total. The fraction of sp³-hybridized carbons (Fsp3) is 0.176. The lowest BCUT2D eigenvalue weighted by Gasteiger charge is -2.12. The van der Waals surface area contributed by atoms with E-state index >= 15 is 0 Å². The van der Waals surface area contributed by atoms with Crippen LogP contribution in [0.5, 0.6) is 0 Å². The molecule has 0 fully saturated rings. The van der Waals surface area contributed by atoms with E-state index in [2.05, 4.69) is 4.98 Å². The van der Waals surface area contributed by atoms with Crippen LogP contribution >= 0.6 is 0 Å². The molecule has 3 aromatic rings. The summed E-state index contributed by atoms with van der Waals surface area (Å²) in [6, 6.07) is 6.88. The zero-order chi connectivity index (χ0) is 18.3. The van der Waals surface area contributed by atoms with Gasteiger partial charge in [-0.15, -0.1) is 0 Å². The number of hydrogen-bond donors (Lipinski definition) is 0. The van der Waals surface area contributed by atoms with Crippen LogP contribution in [-0.2, 0) is 18.8 Å². The first-order chi connectivity index (χ1) is 11.8. The highest BCUT2D eigenvalue weighted by atomic mass is 19.1. The van der Waals surface area contributed by atoms with Gasteiger partial charge in [-0.25, -0.2) is 19.0 Å². The summed E-state index contributed by atoms with van der Waals surface area (Å²) in [4.78, 5) is 41.2. The molecular weight excluding hydrogens is 329 g/mol. The maximum Gasteiger partial charge on any atom is 0.338 e. The Morgan fingerprint density at radius 2 is 1.76 bits per heavy atom. The van der Waals surface area contributed by atoms with Crippen molar-refractivity contribution in [1.29, 1.82) is 0 Å². The van der Waals surface area contributed by atoms with Crippen LogP contribution in [0.1, 0.15) is 10.4 Å². The number of aryl methyl sites for hydroxylation is 1. The number of carbonyl (C=O) groups is 1. The Morgan fingerprint density at radius 3 is 2.36 bits per heavy atom. The van der Waals surface area contributed by atoms with E-state index in [1.54, 1.807) is 0 Å². The Bertz CT molecular complexity index is 1110. The highest BCUT2D eigenvalue weighted by Crippen LogP contribution is 2.23. The van der Waals surface area contributed by atoms with E-state index in [4.69, 9.17) is 4.74 Å². The standard InChI is InChI=1S/C17H14FN3O4/c1-20-14-13(15(22)21(2)17(20)24)11(16(23)25-3)8-12(19-14)9-4-6-10(18)7-5-9/h4-8H,1-3H3. The van der Waals surface area contributed by atoms with Crippen LogP contribution in [0.25, 0.3) is 22.3 Å². The van der Waals surface area contributed by atoms with E-state index < -0.39 is 23.0 Å². The van der Waals surface area contributed by atoms with Gasteiger partial charge in [-0.05, 0) is 30.3 Å². The average Bonchev–Trinajstić information content (AvgIpc) is 2.63. The van der Waals surface area contributed by atoms with Gasteiger partial charge >= 0.3 is 11.7 Å². The Balaban J connectivity index is 2.48. The van der Waals surface area contributed by atoms with Crippen molar-refractivity contribution in [2.45, 2.75) is 0 Å². The number of rotatable bonds is 2. The van der Waals surface area contributed by atoms with Gasteiger partial charge in [-0.1, -0.05) is 0 Å². The topological polar surface area (TPSA) is 83.2 Å². The zero-order valence-electron chi connectivity index (χ0n) is 13.7. The molecule has 25 heavy (non-hydrogen) atoms. The third kappa shape index (κ3) is 2.61. The summed E-state index contributed by atoms with van der Waals surface area (Å²) in [5, 5.41) is -0.0117. The molecule has 0 saturated heterocycles. The SMILES string of the molecule is COC(=O)c1cc(-c2ccc(F)cc2)nc2c1c(=O)n(C)c(=O)n2C. The highest BCUT2D eigenvalue weighted by Gasteiger charge is 2.20. The normalized spacial score (nSPS) is 10.9. The van der Waals surface area contributed by atoms with Gasteiger partial charge < -0.3 is 4.74 Å². The summed E-state index contributed by atoms with van der Waals surface area (Å²) in [6.07, 6.45) is 0. The third-order valence-corrected chi connectivity index (χ3v) is 3.96. The number of aromatic nitrogens is 3. The number of carbonyl (C=O) groups excluding carboxylic acids is 1. The molecule has 0 aliphatic heterocycles. The molecule has 0 amide bonds. The second-order valence-corrected chi connectivity index (χ2v) is 5.46. The number of fused-ring (bicyclic) bond motifs is 1. The van der Waals surface area contributed by atoms with Crippen LogP contribution in [0.3, 0.4) is 0 Å². The smallest absolute Gasteiger partial charge is 0.338 e. The Labute approximate surface area is 140 Å². The first-order valence-corrected chi connectivity index (χ1v) is 7.30. The van der Waals surface area contributed by atoms with Crippen molar-refractivity contribution in [2.75, 3.05) is 7.11 Å². The largest absolute Gasteiger partial charge is 0.465 e. The van der Waals surface area contributed by atoms with E-state index in [0.717, 1.165) is 4.57 Å².